The summed E-state index contributed by atoms with van der Waals surface area (Å²) in [5.41, 5.74) is 4.27. The summed E-state index contributed by atoms with van der Waals surface area (Å²) < 4.78 is 0. The molecule has 2 heteroatoms. The summed E-state index contributed by atoms with van der Waals surface area (Å²) in [6.45, 7) is 6.91. The number of hydrogen-bond acceptors (Lipinski definition) is 2. The van der Waals surface area contributed by atoms with E-state index in [4.69, 9.17) is 0 Å². The normalized spacial score (nSPS) is 27.6. The molecule has 2 fully saturated rings. The number of rotatable bonds is 4. The predicted octanol–water partition coefficient (Wildman–Crippen LogP) is 3.83. The molecular formula is C19H30N2. The van der Waals surface area contributed by atoms with Gasteiger partial charge in [-0.1, -0.05) is 36.6 Å². The molecule has 0 spiro atoms. The molecule has 0 aromatic heterocycles. The van der Waals surface area contributed by atoms with E-state index in [-0.39, 0.29) is 0 Å². The summed E-state index contributed by atoms with van der Waals surface area (Å²) in [4.78, 5) is 2.77. The van der Waals surface area contributed by atoms with E-state index < -0.39 is 0 Å². The Balaban J connectivity index is 1.74. The lowest BCUT2D eigenvalue weighted by molar-refractivity contribution is 0.169. The molecule has 2 aliphatic rings. The van der Waals surface area contributed by atoms with Crippen molar-refractivity contribution < 1.29 is 0 Å². The maximum atomic E-state index is 3.57. The monoisotopic (exact) mass is 286 g/mol. The minimum Gasteiger partial charge on any atom is -0.312 e. The van der Waals surface area contributed by atoms with E-state index in [1.807, 2.05) is 0 Å². The molecule has 1 aliphatic carbocycles. The fourth-order valence-electron chi connectivity index (χ4n) is 4.44. The Kier molecular flexibility index (Phi) is 4.66. The summed E-state index contributed by atoms with van der Waals surface area (Å²) >= 11 is 0. The van der Waals surface area contributed by atoms with Gasteiger partial charge in [-0.25, -0.2) is 0 Å². The maximum Gasteiger partial charge on any atom is 0.0449 e. The van der Waals surface area contributed by atoms with Gasteiger partial charge in [0.1, 0.15) is 0 Å². The van der Waals surface area contributed by atoms with Crippen molar-refractivity contribution in [1.29, 1.82) is 0 Å². The zero-order chi connectivity index (χ0) is 14.8. The smallest absolute Gasteiger partial charge is 0.0449 e. The van der Waals surface area contributed by atoms with Crippen molar-refractivity contribution in [3.05, 3.63) is 34.9 Å². The topological polar surface area (TPSA) is 15.3 Å². The Hall–Kier alpha value is -0.860. The highest BCUT2D eigenvalue weighted by atomic mass is 15.2. The summed E-state index contributed by atoms with van der Waals surface area (Å²) in [5.74, 6) is 0.981. The molecule has 3 unspecified atom stereocenters. The van der Waals surface area contributed by atoms with Crippen LogP contribution in [0.4, 0.5) is 0 Å². The van der Waals surface area contributed by atoms with Crippen molar-refractivity contribution in [3.8, 4) is 0 Å². The molecule has 0 radical (unpaired) electrons. The second-order valence-corrected chi connectivity index (χ2v) is 7.10. The molecule has 116 valence electrons. The van der Waals surface area contributed by atoms with Crippen molar-refractivity contribution in [3.63, 3.8) is 0 Å². The van der Waals surface area contributed by atoms with Crippen LogP contribution in [-0.4, -0.2) is 31.1 Å². The highest BCUT2D eigenvalue weighted by Gasteiger charge is 2.36. The molecular weight excluding hydrogens is 256 g/mol. The van der Waals surface area contributed by atoms with Gasteiger partial charge in [0.15, 0.2) is 0 Å². The van der Waals surface area contributed by atoms with Crippen LogP contribution in [0.15, 0.2) is 18.2 Å². The van der Waals surface area contributed by atoms with Gasteiger partial charge < -0.3 is 5.32 Å². The zero-order valence-corrected chi connectivity index (χ0v) is 13.9. The number of hydrogen-bond donors (Lipinski definition) is 1. The van der Waals surface area contributed by atoms with Crippen molar-refractivity contribution in [2.75, 3.05) is 20.1 Å². The molecule has 21 heavy (non-hydrogen) atoms. The number of nitrogens with one attached hydrogen (secondary N) is 1. The quantitative estimate of drug-likeness (QED) is 0.905. The molecule has 1 saturated heterocycles. The van der Waals surface area contributed by atoms with Crippen LogP contribution in [0.1, 0.15) is 54.8 Å². The van der Waals surface area contributed by atoms with Gasteiger partial charge in [-0.2, -0.15) is 0 Å². The molecule has 0 amide bonds. The zero-order valence-electron chi connectivity index (χ0n) is 13.9. The molecule has 0 bridgehead atoms. The fraction of sp³-hybridized carbons (Fsp3) is 0.684. The van der Waals surface area contributed by atoms with Gasteiger partial charge in [0.05, 0.1) is 0 Å². The molecule has 1 aromatic rings. The first-order valence-electron chi connectivity index (χ1n) is 8.67. The van der Waals surface area contributed by atoms with Crippen LogP contribution in [0, 0.1) is 19.8 Å². The molecule has 1 heterocycles. The average Bonchev–Trinajstić information content (AvgIpc) is 2.91. The van der Waals surface area contributed by atoms with E-state index in [0.29, 0.717) is 6.04 Å². The third-order valence-corrected chi connectivity index (χ3v) is 5.70. The Bertz CT molecular complexity index is 482. The number of nitrogens with zero attached hydrogens (tertiary/aromatic N) is 1. The van der Waals surface area contributed by atoms with Gasteiger partial charge in [-0.15, -0.1) is 0 Å². The highest BCUT2D eigenvalue weighted by Crippen LogP contribution is 2.37. The second kappa shape index (κ2) is 6.50. The average molecular weight is 286 g/mol. The van der Waals surface area contributed by atoms with E-state index in [0.717, 1.165) is 12.0 Å². The van der Waals surface area contributed by atoms with Crippen LogP contribution in [0.25, 0.3) is 0 Å². The first-order chi connectivity index (χ1) is 10.2. The molecule has 2 nitrogen and oxygen atoms in total. The Morgan fingerprint density at radius 3 is 2.81 bits per heavy atom. The number of aryl methyl sites for hydroxylation is 2. The predicted molar refractivity (Wildman–Crippen MR) is 89.7 cm³/mol. The molecule has 3 rings (SSSR count). The van der Waals surface area contributed by atoms with E-state index in [2.05, 4.69) is 49.3 Å². The molecule has 1 aliphatic heterocycles. The van der Waals surface area contributed by atoms with Crippen LogP contribution in [0.5, 0.6) is 0 Å². The van der Waals surface area contributed by atoms with Crippen LogP contribution in [0.3, 0.4) is 0 Å². The van der Waals surface area contributed by atoms with Crippen LogP contribution < -0.4 is 5.32 Å². The second-order valence-electron chi connectivity index (χ2n) is 7.10. The van der Waals surface area contributed by atoms with Crippen molar-refractivity contribution >= 4 is 0 Å². The number of benzene rings is 1. The van der Waals surface area contributed by atoms with E-state index in [9.17, 15) is 0 Å². The van der Waals surface area contributed by atoms with Crippen LogP contribution in [-0.2, 0) is 0 Å². The van der Waals surface area contributed by atoms with Crippen molar-refractivity contribution in [2.45, 2.75) is 58.0 Å². The summed E-state index contributed by atoms with van der Waals surface area (Å²) in [6.07, 6.45) is 7.21. The highest BCUT2D eigenvalue weighted by molar-refractivity contribution is 5.33. The summed E-state index contributed by atoms with van der Waals surface area (Å²) in [5, 5.41) is 3.57. The molecule has 1 aromatic carbocycles. The minimum absolute atomic E-state index is 0.463. The maximum absolute atomic E-state index is 3.57. The summed E-state index contributed by atoms with van der Waals surface area (Å²) in [6, 6.07) is 8.18. The largest absolute Gasteiger partial charge is 0.312 e. The van der Waals surface area contributed by atoms with Gasteiger partial charge in [0.2, 0.25) is 0 Å². The minimum atomic E-state index is 0.463. The lowest BCUT2D eigenvalue weighted by atomic mass is 9.85. The van der Waals surface area contributed by atoms with Gasteiger partial charge >= 0.3 is 0 Å². The molecule has 3 atom stereocenters. The lowest BCUT2D eigenvalue weighted by Gasteiger charge is -2.34. The molecule has 1 saturated carbocycles. The van der Waals surface area contributed by atoms with Gasteiger partial charge in [0, 0.05) is 18.6 Å². The van der Waals surface area contributed by atoms with Gasteiger partial charge in [-0.3, -0.25) is 4.90 Å². The Morgan fingerprint density at radius 2 is 2.00 bits per heavy atom. The van der Waals surface area contributed by atoms with Crippen molar-refractivity contribution in [2.24, 2.45) is 5.92 Å². The van der Waals surface area contributed by atoms with Crippen molar-refractivity contribution in [1.82, 2.24) is 10.2 Å². The van der Waals surface area contributed by atoms with E-state index in [1.165, 1.54) is 61.9 Å². The van der Waals surface area contributed by atoms with E-state index in [1.54, 1.807) is 0 Å². The Labute approximate surface area is 129 Å². The first-order valence-corrected chi connectivity index (χ1v) is 8.67. The Morgan fingerprint density at radius 1 is 1.19 bits per heavy atom. The summed E-state index contributed by atoms with van der Waals surface area (Å²) in [7, 11) is 2.11. The van der Waals surface area contributed by atoms with Crippen LogP contribution >= 0.6 is 0 Å². The van der Waals surface area contributed by atoms with Gasteiger partial charge in [0.25, 0.3) is 0 Å². The number of fused-ring (bicyclic) bond motifs is 1. The van der Waals surface area contributed by atoms with Crippen LogP contribution in [0.2, 0.25) is 0 Å². The number of likely N-dealkylation sites (N-methyl/N-ethyl adjacent to an activating group) is 1. The third kappa shape index (κ3) is 3.17. The fourth-order valence-corrected chi connectivity index (χ4v) is 4.44. The standard InChI is InChI=1S/C19H30N2/c1-14-8-9-15(2)17(12-14)18(20-3)13-21-11-10-16-6-4-5-7-19(16)21/h8-9,12,16,18-20H,4-7,10-11,13H2,1-3H3. The first kappa shape index (κ1) is 15.1. The lowest BCUT2D eigenvalue weighted by Crippen LogP contribution is -2.40. The molecule has 1 N–H and O–H groups in total. The SMILES string of the molecule is CNC(CN1CCC2CCCCC21)c1cc(C)ccc1C. The third-order valence-electron chi connectivity index (χ3n) is 5.70. The van der Waals surface area contributed by atoms with E-state index >= 15 is 0 Å². The van der Waals surface area contributed by atoms with Gasteiger partial charge in [-0.05, 0) is 63.7 Å². The number of likely N-dealkylation sites (tertiary alicyclic amines) is 1.